The summed E-state index contributed by atoms with van der Waals surface area (Å²) in [4.78, 5) is 18.8. The number of hydrogen-bond donors (Lipinski definition) is 0. The highest BCUT2D eigenvalue weighted by Gasteiger charge is 2.18. The summed E-state index contributed by atoms with van der Waals surface area (Å²) in [5.74, 6) is -0.250. The summed E-state index contributed by atoms with van der Waals surface area (Å²) in [7, 11) is 0. The third kappa shape index (κ3) is 5.36. The maximum absolute atomic E-state index is 12.5. The van der Waals surface area contributed by atoms with Gasteiger partial charge in [0, 0.05) is 25.3 Å². The lowest BCUT2D eigenvalue weighted by molar-refractivity contribution is 0.0906. The highest BCUT2D eigenvalue weighted by molar-refractivity contribution is 6.02. The summed E-state index contributed by atoms with van der Waals surface area (Å²) in [6.07, 6.45) is 3.42. The van der Waals surface area contributed by atoms with Crippen LogP contribution in [0.25, 0.3) is 0 Å². The molecule has 0 spiro atoms. The number of benzene rings is 1. The van der Waals surface area contributed by atoms with Crippen molar-refractivity contribution in [2.45, 2.75) is 33.1 Å². The number of carbonyl (C=O) groups is 1. The van der Waals surface area contributed by atoms with Gasteiger partial charge in [0.2, 0.25) is 0 Å². The second-order valence-electron chi connectivity index (χ2n) is 5.61. The Balaban J connectivity index is 2.10. The van der Waals surface area contributed by atoms with Gasteiger partial charge in [-0.2, -0.15) is 4.99 Å². The molecule has 0 radical (unpaired) electrons. The molecule has 0 unspecified atom stereocenters. The first-order valence-corrected chi connectivity index (χ1v) is 8.36. The van der Waals surface area contributed by atoms with Gasteiger partial charge in [-0.15, -0.1) is 0 Å². The Kier molecular flexibility index (Phi) is 7.07. The fourth-order valence-corrected chi connectivity index (χ4v) is 2.58. The number of likely N-dealkylation sites (tertiary alicyclic amines) is 1. The van der Waals surface area contributed by atoms with E-state index in [0.717, 1.165) is 31.5 Å². The van der Waals surface area contributed by atoms with Crippen molar-refractivity contribution in [2.75, 3.05) is 32.9 Å². The summed E-state index contributed by atoms with van der Waals surface area (Å²) in [5, 5.41) is 0. The largest absolute Gasteiger partial charge is 0.462 e. The molecule has 2 rings (SSSR count). The molecule has 1 aromatic rings. The second-order valence-corrected chi connectivity index (χ2v) is 5.61. The SMILES string of the molecule is CCOCCOC(=NC(=O)c1ccccc1C)N1CCCCC1. The minimum atomic E-state index is -0.250. The smallest absolute Gasteiger partial charge is 0.295 e. The van der Waals surface area contributed by atoms with Crippen molar-refractivity contribution in [3.63, 3.8) is 0 Å². The van der Waals surface area contributed by atoms with E-state index >= 15 is 0 Å². The Hall–Kier alpha value is -1.88. The van der Waals surface area contributed by atoms with E-state index in [1.165, 1.54) is 6.42 Å². The van der Waals surface area contributed by atoms with Gasteiger partial charge in [-0.25, -0.2) is 0 Å². The van der Waals surface area contributed by atoms with Crippen molar-refractivity contribution < 1.29 is 14.3 Å². The quantitative estimate of drug-likeness (QED) is 0.476. The van der Waals surface area contributed by atoms with Gasteiger partial charge in [0.05, 0.1) is 6.61 Å². The van der Waals surface area contributed by atoms with E-state index in [4.69, 9.17) is 9.47 Å². The van der Waals surface area contributed by atoms with E-state index in [2.05, 4.69) is 9.89 Å². The number of hydrogen-bond acceptors (Lipinski definition) is 3. The first kappa shape index (κ1) is 17.5. The highest BCUT2D eigenvalue weighted by Crippen LogP contribution is 2.13. The molecule has 0 bridgehead atoms. The molecular formula is C18H26N2O3. The number of aliphatic imine (C=N–C) groups is 1. The zero-order chi connectivity index (χ0) is 16.5. The molecule has 0 aliphatic carbocycles. The van der Waals surface area contributed by atoms with Crippen LogP contribution in [0.5, 0.6) is 0 Å². The second kappa shape index (κ2) is 9.30. The molecule has 23 heavy (non-hydrogen) atoms. The van der Waals surface area contributed by atoms with Crippen molar-refractivity contribution in [2.24, 2.45) is 4.99 Å². The minimum absolute atomic E-state index is 0.250. The molecule has 1 fully saturated rings. The van der Waals surface area contributed by atoms with Crippen molar-refractivity contribution >= 4 is 11.9 Å². The van der Waals surface area contributed by atoms with Crippen molar-refractivity contribution in [3.05, 3.63) is 35.4 Å². The first-order valence-electron chi connectivity index (χ1n) is 8.36. The maximum Gasteiger partial charge on any atom is 0.295 e. The van der Waals surface area contributed by atoms with Crippen LogP contribution in [0.3, 0.4) is 0 Å². The van der Waals surface area contributed by atoms with Crippen LogP contribution in [0.1, 0.15) is 42.1 Å². The van der Waals surface area contributed by atoms with E-state index < -0.39 is 0 Å². The maximum atomic E-state index is 12.5. The molecule has 1 aromatic carbocycles. The number of carbonyl (C=O) groups excluding carboxylic acids is 1. The average Bonchev–Trinajstić information content (AvgIpc) is 2.58. The van der Waals surface area contributed by atoms with Gasteiger partial charge in [-0.1, -0.05) is 18.2 Å². The topological polar surface area (TPSA) is 51.1 Å². The Labute approximate surface area is 138 Å². The fraction of sp³-hybridized carbons (Fsp3) is 0.556. The summed E-state index contributed by atoms with van der Waals surface area (Å²) in [6, 6.07) is 7.92. The molecule has 1 saturated heterocycles. The van der Waals surface area contributed by atoms with Crippen LogP contribution in [0, 0.1) is 6.92 Å². The van der Waals surface area contributed by atoms with Crippen molar-refractivity contribution in [3.8, 4) is 0 Å². The molecule has 1 aliphatic rings. The molecule has 5 heteroatoms. The number of aryl methyl sites for hydroxylation is 1. The molecule has 0 N–H and O–H groups in total. The summed E-state index contributed by atoms with van der Waals surface area (Å²) < 4.78 is 11.0. The number of piperidine rings is 1. The van der Waals surface area contributed by atoms with E-state index in [0.29, 0.717) is 31.4 Å². The number of amidine groups is 1. The minimum Gasteiger partial charge on any atom is -0.462 e. The van der Waals surface area contributed by atoms with Gasteiger partial charge >= 0.3 is 0 Å². The third-order valence-corrected chi connectivity index (χ3v) is 3.86. The number of rotatable bonds is 5. The highest BCUT2D eigenvalue weighted by atomic mass is 16.5. The Morgan fingerprint density at radius 1 is 1.17 bits per heavy atom. The molecule has 1 aliphatic heterocycles. The Morgan fingerprint density at radius 3 is 2.61 bits per heavy atom. The van der Waals surface area contributed by atoms with E-state index in [-0.39, 0.29) is 5.91 Å². The molecule has 126 valence electrons. The van der Waals surface area contributed by atoms with Crippen molar-refractivity contribution in [1.82, 2.24) is 4.90 Å². The lowest BCUT2D eigenvalue weighted by Gasteiger charge is -2.28. The standard InChI is InChI=1S/C18H26N2O3/c1-3-22-13-14-23-18(20-11-7-4-8-12-20)19-17(21)16-10-6-5-9-15(16)2/h5-6,9-10H,3-4,7-8,11-14H2,1-2H3. The zero-order valence-corrected chi connectivity index (χ0v) is 14.1. The Morgan fingerprint density at radius 2 is 1.91 bits per heavy atom. The van der Waals surface area contributed by atoms with Crippen LogP contribution >= 0.6 is 0 Å². The molecule has 1 amide bonds. The van der Waals surface area contributed by atoms with E-state index in [1.807, 2.05) is 32.0 Å². The van der Waals surface area contributed by atoms with Gasteiger partial charge in [0.25, 0.3) is 11.9 Å². The van der Waals surface area contributed by atoms with Gasteiger partial charge in [0.15, 0.2) is 0 Å². The normalized spacial score (nSPS) is 15.6. The van der Waals surface area contributed by atoms with Crippen LogP contribution in [-0.2, 0) is 9.47 Å². The van der Waals surface area contributed by atoms with Crippen LogP contribution < -0.4 is 0 Å². The number of nitrogens with zero attached hydrogens (tertiary/aromatic N) is 2. The predicted octanol–water partition coefficient (Wildman–Crippen LogP) is 3.03. The lowest BCUT2D eigenvalue weighted by atomic mass is 10.1. The van der Waals surface area contributed by atoms with Gasteiger partial charge in [-0.05, 0) is 44.7 Å². The third-order valence-electron chi connectivity index (χ3n) is 3.86. The number of amides is 1. The molecule has 1 heterocycles. The molecule has 0 saturated carbocycles. The van der Waals surface area contributed by atoms with Crippen LogP contribution in [0.15, 0.2) is 29.3 Å². The summed E-state index contributed by atoms with van der Waals surface area (Å²) in [5.41, 5.74) is 1.55. The van der Waals surface area contributed by atoms with Gasteiger partial charge in [0.1, 0.15) is 6.61 Å². The Bertz CT molecular complexity index is 537. The van der Waals surface area contributed by atoms with Gasteiger partial charge in [-0.3, -0.25) is 4.79 Å². The fourth-order valence-electron chi connectivity index (χ4n) is 2.58. The van der Waals surface area contributed by atoms with E-state index in [9.17, 15) is 4.79 Å². The van der Waals surface area contributed by atoms with E-state index in [1.54, 1.807) is 6.07 Å². The average molecular weight is 318 g/mol. The molecule has 5 nitrogen and oxygen atoms in total. The summed E-state index contributed by atoms with van der Waals surface area (Å²) in [6.45, 7) is 7.19. The van der Waals surface area contributed by atoms with Crippen LogP contribution in [0.2, 0.25) is 0 Å². The van der Waals surface area contributed by atoms with Crippen LogP contribution in [-0.4, -0.2) is 49.7 Å². The molecule has 0 aromatic heterocycles. The zero-order valence-electron chi connectivity index (χ0n) is 14.1. The molecule has 0 atom stereocenters. The molecular weight excluding hydrogens is 292 g/mol. The first-order chi connectivity index (χ1) is 11.2. The monoisotopic (exact) mass is 318 g/mol. The van der Waals surface area contributed by atoms with Crippen molar-refractivity contribution in [1.29, 1.82) is 0 Å². The van der Waals surface area contributed by atoms with Gasteiger partial charge < -0.3 is 14.4 Å². The predicted molar refractivity (Wildman–Crippen MR) is 90.8 cm³/mol. The van der Waals surface area contributed by atoms with Crippen LogP contribution in [0.4, 0.5) is 0 Å². The lowest BCUT2D eigenvalue weighted by Crippen LogP contribution is -2.38. The number of ether oxygens (including phenoxy) is 2. The summed E-state index contributed by atoms with van der Waals surface area (Å²) >= 11 is 0.